The van der Waals surface area contributed by atoms with E-state index in [0.717, 1.165) is 29.4 Å². The lowest BCUT2D eigenvalue weighted by Crippen LogP contribution is -2.21. The number of hydrogen-bond donors (Lipinski definition) is 2. The molecule has 0 fully saturated rings. The van der Waals surface area contributed by atoms with Gasteiger partial charge in [0.15, 0.2) is 0 Å². The molecule has 0 bridgehead atoms. The third-order valence-corrected chi connectivity index (χ3v) is 3.76. The van der Waals surface area contributed by atoms with Crippen LogP contribution in [0, 0.1) is 0 Å². The topological polar surface area (TPSA) is 66.4 Å². The molecular formula is C15H21NO3S. The highest BCUT2D eigenvalue weighted by Crippen LogP contribution is 2.16. The van der Waals surface area contributed by atoms with E-state index in [-0.39, 0.29) is 5.91 Å². The Morgan fingerprint density at radius 2 is 2.15 bits per heavy atom. The predicted octanol–water partition coefficient (Wildman–Crippen LogP) is 3.43. The second-order valence-electron chi connectivity index (χ2n) is 4.61. The van der Waals surface area contributed by atoms with E-state index in [9.17, 15) is 9.59 Å². The van der Waals surface area contributed by atoms with Crippen molar-refractivity contribution >= 4 is 29.3 Å². The molecule has 0 atom stereocenters. The number of rotatable bonds is 9. The van der Waals surface area contributed by atoms with Gasteiger partial charge >= 0.3 is 5.97 Å². The molecule has 0 saturated heterocycles. The summed E-state index contributed by atoms with van der Waals surface area (Å²) in [5.74, 6) is -0.879. The van der Waals surface area contributed by atoms with Crippen molar-refractivity contribution in [3.63, 3.8) is 0 Å². The van der Waals surface area contributed by atoms with Crippen molar-refractivity contribution in [1.82, 2.24) is 5.32 Å². The third-order valence-electron chi connectivity index (χ3n) is 2.81. The molecule has 2 N–H and O–H groups in total. The SMILES string of the molecule is CCCCCCC(=O)NCc1cc(/C=C/C(=O)O)cs1. The Labute approximate surface area is 123 Å². The minimum atomic E-state index is -0.960. The van der Waals surface area contributed by atoms with Crippen LogP contribution in [0.5, 0.6) is 0 Å². The first kappa shape index (κ1) is 16.4. The number of nitrogens with one attached hydrogen (secondary N) is 1. The minimum absolute atomic E-state index is 0.0807. The van der Waals surface area contributed by atoms with Crippen LogP contribution in [0.1, 0.15) is 49.5 Å². The van der Waals surface area contributed by atoms with Crippen molar-refractivity contribution in [3.05, 3.63) is 28.0 Å². The van der Waals surface area contributed by atoms with Crippen molar-refractivity contribution in [2.24, 2.45) is 0 Å². The molecule has 1 aromatic heterocycles. The number of carbonyl (C=O) groups is 2. The summed E-state index contributed by atoms with van der Waals surface area (Å²) in [6.45, 7) is 2.66. The van der Waals surface area contributed by atoms with Crippen LogP contribution in [0.3, 0.4) is 0 Å². The zero-order valence-corrected chi connectivity index (χ0v) is 12.5. The average molecular weight is 295 g/mol. The molecule has 110 valence electrons. The Bertz CT molecular complexity index is 465. The van der Waals surface area contributed by atoms with E-state index in [0.29, 0.717) is 13.0 Å². The molecule has 0 spiro atoms. The Morgan fingerprint density at radius 1 is 1.35 bits per heavy atom. The summed E-state index contributed by atoms with van der Waals surface area (Å²) in [6.07, 6.45) is 7.63. The zero-order valence-electron chi connectivity index (χ0n) is 11.7. The standard InChI is InChI=1S/C15H21NO3S/c1-2-3-4-5-6-14(17)16-10-13-9-12(11-20-13)7-8-15(18)19/h7-9,11H,2-6,10H2,1H3,(H,16,17)(H,18,19)/b8-7+. The Balaban J connectivity index is 2.28. The fourth-order valence-corrected chi connectivity index (χ4v) is 2.53. The maximum atomic E-state index is 11.6. The van der Waals surface area contributed by atoms with E-state index in [1.54, 1.807) is 6.08 Å². The summed E-state index contributed by atoms with van der Waals surface area (Å²) in [6, 6.07) is 1.89. The van der Waals surface area contributed by atoms with Crippen LogP contribution in [-0.4, -0.2) is 17.0 Å². The molecule has 1 rings (SSSR count). The van der Waals surface area contributed by atoms with Crippen LogP contribution in [0.4, 0.5) is 0 Å². The Hall–Kier alpha value is -1.62. The molecule has 1 heterocycles. The summed E-state index contributed by atoms with van der Waals surface area (Å²) in [5, 5.41) is 13.3. The highest BCUT2D eigenvalue weighted by Gasteiger charge is 2.03. The van der Waals surface area contributed by atoms with Gasteiger partial charge in [0.2, 0.25) is 5.91 Å². The number of unbranched alkanes of at least 4 members (excludes halogenated alkanes) is 3. The number of carboxylic acid groups (broad SMARTS) is 1. The van der Waals surface area contributed by atoms with Crippen LogP contribution in [0.2, 0.25) is 0 Å². The van der Waals surface area contributed by atoms with E-state index in [2.05, 4.69) is 12.2 Å². The Kier molecular flexibility index (Phi) is 7.65. The predicted molar refractivity (Wildman–Crippen MR) is 81.6 cm³/mol. The van der Waals surface area contributed by atoms with Crippen molar-refractivity contribution in [2.45, 2.75) is 45.6 Å². The van der Waals surface area contributed by atoms with E-state index in [1.807, 2.05) is 11.4 Å². The van der Waals surface area contributed by atoms with Crippen LogP contribution in [0.25, 0.3) is 6.08 Å². The number of carboxylic acids is 1. The third kappa shape index (κ3) is 7.09. The van der Waals surface area contributed by atoms with Gasteiger partial charge in [0.1, 0.15) is 0 Å². The molecule has 4 nitrogen and oxygen atoms in total. The summed E-state index contributed by atoms with van der Waals surface area (Å²) in [7, 11) is 0. The van der Waals surface area contributed by atoms with Crippen LogP contribution >= 0.6 is 11.3 Å². The number of carbonyl (C=O) groups excluding carboxylic acids is 1. The molecule has 5 heteroatoms. The van der Waals surface area contributed by atoms with Gasteiger partial charge in [-0.3, -0.25) is 4.79 Å². The number of hydrogen-bond acceptors (Lipinski definition) is 3. The molecule has 0 aliphatic heterocycles. The maximum absolute atomic E-state index is 11.6. The fraction of sp³-hybridized carbons (Fsp3) is 0.467. The lowest BCUT2D eigenvalue weighted by molar-refractivity contribution is -0.131. The molecule has 1 amide bonds. The van der Waals surface area contributed by atoms with Crippen molar-refractivity contribution < 1.29 is 14.7 Å². The summed E-state index contributed by atoms with van der Waals surface area (Å²) < 4.78 is 0. The van der Waals surface area contributed by atoms with E-state index < -0.39 is 5.97 Å². The number of amides is 1. The Morgan fingerprint density at radius 3 is 2.85 bits per heavy atom. The zero-order chi connectivity index (χ0) is 14.8. The van der Waals surface area contributed by atoms with Crippen LogP contribution < -0.4 is 5.32 Å². The van der Waals surface area contributed by atoms with Gasteiger partial charge in [-0.2, -0.15) is 0 Å². The molecule has 0 aromatic carbocycles. The molecule has 0 aliphatic carbocycles. The van der Waals surface area contributed by atoms with Gasteiger partial charge in [0.05, 0.1) is 6.54 Å². The van der Waals surface area contributed by atoms with E-state index >= 15 is 0 Å². The highest BCUT2D eigenvalue weighted by atomic mass is 32.1. The van der Waals surface area contributed by atoms with Crippen LogP contribution in [0.15, 0.2) is 17.5 Å². The molecule has 0 unspecified atom stereocenters. The lowest BCUT2D eigenvalue weighted by atomic mass is 10.1. The molecule has 1 aromatic rings. The van der Waals surface area contributed by atoms with Gasteiger partial charge < -0.3 is 10.4 Å². The number of thiophene rings is 1. The minimum Gasteiger partial charge on any atom is -0.478 e. The lowest BCUT2D eigenvalue weighted by Gasteiger charge is -2.03. The monoisotopic (exact) mass is 295 g/mol. The van der Waals surface area contributed by atoms with Crippen molar-refractivity contribution in [3.8, 4) is 0 Å². The summed E-state index contributed by atoms with van der Waals surface area (Å²) in [5.41, 5.74) is 0.851. The van der Waals surface area contributed by atoms with Gasteiger partial charge in [0, 0.05) is 17.4 Å². The highest BCUT2D eigenvalue weighted by molar-refractivity contribution is 7.10. The number of aliphatic carboxylic acids is 1. The fourth-order valence-electron chi connectivity index (χ4n) is 1.73. The van der Waals surface area contributed by atoms with Gasteiger partial charge in [-0.05, 0) is 29.5 Å². The summed E-state index contributed by atoms with van der Waals surface area (Å²) >= 11 is 1.52. The average Bonchev–Trinajstić information content (AvgIpc) is 2.87. The summed E-state index contributed by atoms with van der Waals surface area (Å²) in [4.78, 5) is 23.0. The molecule has 0 saturated carbocycles. The maximum Gasteiger partial charge on any atom is 0.328 e. The van der Waals surface area contributed by atoms with E-state index in [4.69, 9.17) is 5.11 Å². The van der Waals surface area contributed by atoms with Gasteiger partial charge in [-0.15, -0.1) is 11.3 Å². The molecule has 0 aliphatic rings. The quantitative estimate of drug-likeness (QED) is 0.542. The first-order valence-electron chi connectivity index (χ1n) is 6.87. The second-order valence-corrected chi connectivity index (χ2v) is 5.60. The largest absolute Gasteiger partial charge is 0.478 e. The van der Waals surface area contributed by atoms with Gasteiger partial charge in [-0.25, -0.2) is 4.79 Å². The van der Waals surface area contributed by atoms with Gasteiger partial charge in [0.25, 0.3) is 0 Å². The first-order valence-corrected chi connectivity index (χ1v) is 7.75. The molecular weight excluding hydrogens is 274 g/mol. The normalized spacial score (nSPS) is 10.8. The van der Waals surface area contributed by atoms with E-state index in [1.165, 1.54) is 24.2 Å². The van der Waals surface area contributed by atoms with Crippen LogP contribution in [-0.2, 0) is 16.1 Å². The molecule has 20 heavy (non-hydrogen) atoms. The van der Waals surface area contributed by atoms with Crippen molar-refractivity contribution in [1.29, 1.82) is 0 Å². The van der Waals surface area contributed by atoms with Gasteiger partial charge in [-0.1, -0.05) is 26.2 Å². The second kappa shape index (κ2) is 9.31. The first-order chi connectivity index (χ1) is 9.61. The molecule has 0 radical (unpaired) electrons. The smallest absolute Gasteiger partial charge is 0.328 e. The van der Waals surface area contributed by atoms with Crippen molar-refractivity contribution in [2.75, 3.05) is 0 Å².